The number of rotatable bonds is 1. The average molecular weight is 271 g/mol. The number of hydrogen-bond donors (Lipinski definition) is 1. The van der Waals surface area contributed by atoms with E-state index >= 15 is 0 Å². The summed E-state index contributed by atoms with van der Waals surface area (Å²) in [5.41, 5.74) is 0. The van der Waals surface area contributed by atoms with Crippen molar-refractivity contribution < 1.29 is 9.59 Å². The molecule has 1 saturated heterocycles. The number of urea groups is 1. The molecule has 0 atom stereocenters. The number of aromatic nitrogens is 1. The molecule has 1 aliphatic heterocycles. The van der Waals surface area contributed by atoms with Crippen molar-refractivity contribution in [3.8, 4) is 0 Å². The monoisotopic (exact) mass is 271 g/mol. The SMILES string of the molecule is CC.O=C1CCN(c2cc3ccccc3cn2)C(=O)N1. The van der Waals surface area contributed by atoms with E-state index in [0.29, 0.717) is 18.8 Å². The molecule has 0 unspecified atom stereocenters. The number of nitrogens with zero attached hydrogens (tertiary/aromatic N) is 2. The van der Waals surface area contributed by atoms with Crippen LogP contribution in [0.3, 0.4) is 0 Å². The number of carbonyl (C=O) groups excluding carboxylic acids is 2. The minimum Gasteiger partial charge on any atom is -0.278 e. The smallest absolute Gasteiger partial charge is 0.278 e. The van der Waals surface area contributed by atoms with Crippen molar-refractivity contribution >= 4 is 28.5 Å². The molecule has 2 aromatic rings. The van der Waals surface area contributed by atoms with Gasteiger partial charge >= 0.3 is 6.03 Å². The molecule has 3 amide bonds. The summed E-state index contributed by atoms with van der Waals surface area (Å²) in [4.78, 5) is 28.5. The lowest BCUT2D eigenvalue weighted by molar-refractivity contribution is -0.120. The van der Waals surface area contributed by atoms with E-state index in [2.05, 4.69) is 10.3 Å². The predicted octanol–water partition coefficient (Wildman–Crippen LogP) is 2.71. The van der Waals surface area contributed by atoms with Gasteiger partial charge in [0.15, 0.2) is 0 Å². The van der Waals surface area contributed by atoms with E-state index < -0.39 is 6.03 Å². The third-order valence-corrected chi connectivity index (χ3v) is 2.95. The largest absolute Gasteiger partial charge is 0.329 e. The lowest BCUT2D eigenvalue weighted by atomic mass is 10.2. The Morgan fingerprint density at radius 3 is 2.55 bits per heavy atom. The number of anilines is 1. The maximum absolute atomic E-state index is 11.7. The maximum atomic E-state index is 11.7. The molecule has 0 radical (unpaired) electrons. The predicted molar refractivity (Wildman–Crippen MR) is 78.6 cm³/mol. The number of amides is 3. The Hall–Kier alpha value is -2.43. The van der Waals surface area contributed by atoms with Crippen LogP contribution in [0.2, 0.25) is 0 Å². The average Bonchev–Trinajstić information content (AvgIpc) is 2.49. The van der Waals surface area contributed by atoms with Gasteiger partial charge in [-0.2, -0.15) is 0 Å². The Morgan fingerprint density at radius 1 is 1.15 bits per heavy atom. The van der Waals surface area contributed by atoms with Gasteiger partial charge in [0.2, 0.25) is 5.91 Å². The van der Waals surface area contributed by atoms with Crippen molar-refractivity contribution in [2.45, 2.75) is 20.3 Å². The van der Waals surface area contributed by atoms with Crippen LogP contribution in [0.5, 0.6) is 0 Å². The standard InChI is InChI=1S/C13H11N3O2.C2H6/c17-12-5-6-16(13(18)15-12)11-7-9-3-1-2-4-10(9)8-14-11;1-2/h1-4,7-8H,5-6H2,(H,15,17,18);1-2H3. The first-order valence-electron chi connectivity index (χ1n) is 6.70. The lowest BCUT2D eigenvalue weighted by Crippen LogP contribution is -2.49. The van der Waals surface area contributed by atoms with Gasteiger partial charge in [-0.1, -0.05) is 38.1 Å². The summed E-state index contributed by atoms with van der Waals surface area (Å²) >= 11 is 0. The van der Waals surface area contributed by atoms with Gasteiger partial charge in [-0.05, 0) is 11.5 Å². The normalized spacial score (nSPS) is 14.6. The molecular formula is C15H17N3O2. The molecule has 1 aliphatic rings. The Bertz CT molecular complexity index is 640. The Morgan fingerprint density at radius 2 is 1.85 bits per heavy atom. The number of nitrogens with one attached hydrogen (secondary N) is 1. The van der Waals surface area contributed by atoms with Gasteiger partial charge in [0.05, 0.1) is 0 Å². The van der Waals surface area contributed by atoms with E-state index in [1.54, 1.807) is 6.20 Å². The quantitative estimate of drug-likeness (QED) is 0.867. The fraction of sp³-hybridized carbons (Fsp3) is 0.267. The molecule has 104 valence electrons. The second-order valence-electron chi connectivity index (χ2n) is 4.14. The van der Waals surface area contributed by atoms with Crippen LogP contribution >= 0.6 is 0 Å². The summed E-state index contributed by atoms with van der Waals surface area (Å²) < 4.78 is 0. The fourth-order valence-corrected chi connectivity index (χ4v) is 2.00. The van der Waals surface area contributed by atoms with E-state index in [-0.39, 0.29) is 5.91 Å². The number of pyridine rings is 1. The zero-order chi connectivity index (χ0) is 14.5. The molecule has 0 saturated carbocycles. The van der Waals surface area contributed by atoms with Gasteiger partial charge in [0.1, 0.15) is 5.82 Å². The van der Waals surface area contributed by atoms with Crippen molar-refractivity contribution in [2.75, 3.05) is 11.4 Å². The van der Waals surface area contributed by atoms with Crippen molar-refractivity contribution in [3.05, 3.63) is 36.5 Å². The van der Waals surface area contributed by atoms with Gasteiger partial charge in [-0.3, -0.25) is 15.0 Å². The molecule has 1 aromatic carbocycles. The summed E-state index contributed by atoms with van der Waals surface area (Å²) in [5.74, 6) is 0.329. The lowest BCUT2D eigenvalue weighted by Gasteiger charge is -2.25. The van der Waals surface area contributed by atoms with Gasteiger partial charge in [0.25, 0.3) is 0 Å². The van der Waals surface area contributed by atoms with E-state index in [4.69, 9.17) is 0 Å². The Kier molecular flexibility index (Phi) is 4.30. The molecule has 1 fully saturated rings. The molecule has 20 heavy (non-hydrogen) atoms. The van der Waals surface area contributed by atoms with Crippen LogP contribution < -0.4 is 10.2 Å². The zero-order valence-electron chi connectivity index (χ0n) is 11.6. The minimum absolute atomic E-state index is 0.239. The third-order valence-electron chi connectivity index (χ3n) is 2.95. The molecule has 3 rings (SSSR count). The first-order valence-corrected chi connectivity index (χ1v) is 6.70. The van der Waals surface area contributed by atoms with Crippen molar-refractivity contribution in [1.82, 2.24) is 10.3 Å². The summed E-state index contributed by atoms with van der Waals surface area (Å²) in [6, 6.07) is 9.25. The van der Waals surface area contributed by atoms with Gasteiger partial charge < -0.3 is 0 Å². The molecular weight excluding hydrogens is 254 g/mol. The second kappa shape index (κ2) is 6.14. The third kappa shape index (κ3) is 2.77. The Labute approximate surface area is 117 Å². The molecule has 0 aliphatic carbocycles. The summed E-state index contributed by atoms with van der Waals surface area (Å²) in [6.45, 7) is 4.37. The van der Waals surface area contributed by atoms with E-state index in [0.717, 1.165) is 10.8 Å². The highest BCUT2D eigenvalue weighted by Gasteiger charge is 2.24. The molecule has 0 spiro atoms. The Balaban J connectivity index is 0.000000704. The van der Waals surface area contributed by atoms with Crippen LogP contribution in [0.4, 0.5) is 10.6 Å². The van der Waals surface area contributed by atoms with Gasteiger partial charge in [-0.25, -0.2) is 9.78 Å². The summed E-state index contributed by atoms with van der Waals surface area (Å²) in [7, 11) is 0. The highest BCUT2D eigenvalue weighted by Crippen LogP contribution is 2.20. The van der Waals surface area contributed by atoms with Gasteiger partial charge in [0, 0.05) is 24.5 Å². The van der Waals surface area contributed by atoms with E-state index in [1.165, 1.54) is 4.90 Å². The fourth-order valence-electron chi connectivity index (χ4n) is 2.00. The highest BCUT2D eigenvalue weighted by atomic mass is 16.2. The van der Waals surface area contributed by atoms with Crippen LogP contribution in [-0.4, -0.2) is 23.5 Å². The molecule has 0 bridgehead atoms. The van der Waals surface area contributed by atoms with Crippen molar-refractivity contribution in [3.63, 3.8) is 0 Å². The number of carbonyl (C=O) groups is 2. The van der Waals surface area contributed by atoms with Gasteiger partial charge in [-0.15, -0.1) is 0 Å². The van der Waals surface area contributed by atoms with E-state index in [1.807, 2.05) is 44.2 Å². The zero-order valence-corrected chi connectivity index (χ0v) is 11.6. The van der Waals surface area contributed by atoms with Crippen molar-refractivity contribution in [2.24, 2.45) is 0 Å². The second-order valence-corrected chi connectivity index (χ2v) is 4.14. The van der Waals surface area contributed by atoms with Crippen LogP contribution in [0.25, 0.3) is 10.8 Å². The first-order chi connectivity index (χ1) is 9.74. The number of imide groups is 1. The topological polar surface area (TPSA) is 62.3 Å². The maximum Gasteiger partial charge on any atom is 0.329 e. The van der Waals surface area contributed by atoms with E-state index in [9.17, 15) is 9.59 Å². The summed E-state index contributed by atoms with van der Waals surface area (Å²) in [5, 5.41) is 4.33. The highest BCUT2D eigenvalue weighted by molar-refractivity contribution is 6.05. The first kappa shape index (κ1) is 14.0. The molecule has 1 N–H and O–H groups in total. The number of fused-ring (bicyclic) bond motifs is 1. The van der Waals surface area contributed by atoms with Crippen molar-refractivity contribution in [1.29, 1.82) is 0 Å². The number of benzene rings is 1. The minimum atomic E-state index is -0.408. The van der Waals surface area contributed by atoms with Crippen LogP contribution in [-0.2, 0) is 4.79 Å². The molecule has 2 heterocycles. The van der Waals surface area contributed by atoms with Crippen LogP contribution in [0, 0.1) is 0 Å². The molecule has 5 heteroatoms. The van der Waals surface area contributed by atoms with Crippen LogP contribution in [0.15, 0.2) is 36.5 Å². The van der Waals surface area contributed by atoms with Crippen LogP contribution in [0.1, 0.15) is 20.3 Å². The summed E-state index contributed by atoms with van der Waals surface area (Å²) in [6.07, 6.45) is 2.04. The number of hydrogen-bond acceptors (Lipinski definition) is 3. The molecule has 5 nitrogen and oxygen atoms in total. The molecule has 1 aromatic heterocycles.